The van der Waals surface area contributed by atoms with Crippen LogP contribution in [0.15, 0.2) is 41.4 Å². The molecule has 1 fully saturated rings. The molecule has 0 atom stereocenters. The van der Waals surface area contributed by atoms with Gasteiger partial charge in [0.25, 0.3) is 0 Å². The number of hydrogen-bond acceptors (Lipinski definition) is 4. The average Bonchev–Trinajstić information content (AvgIpc) is 3.11. The number of rotatable bonds is 6. The summed E-state index contributed by atoms with van der Waals surface area (Å²) in [5, 5.41) is 7.16. The van der Waals surface area contributed by atoms with Gasteiger partial charge in [-0.15, -0.1) is 6.58 Å². The highest BCUT2D eigenvalue weighted by Gasteiger charge is 2.21. The van der Waals surface area contributed by atoms with Gasteiger partial charge in [0.05, 0.1) is 0 Å². The van der Waals surface area contributed by atoms with Gasteiger partial charge >= 0.3 is 6.03 Å². The Morgan fingerprint density at radius 3 is 2.92 bits per heavy atom. The second-order valence-corrected chi connectivity index (χ2v) is 6.83. The molecule has 0 bridgehead atoms. The molecule has 1 aromatic heterocycles. The van der Waals surface area contributed by atoms with Gasteiger partial charge in [-0.05, 0) is 25.8 Å². The summed E-state index contributed by atoms with van der Waals surface area (Å²) >= 11 is 0. The summed E-state index contributed by atoms with van der Waals surface area (Å²) in [6, 6.07) is 8.08. The van der Waals surface area contributed by atoms with E-state index >= 15 is 0 Å². The summed E-state index contributed by atoms with van der Waals surface area (Å²) in [6.45, 7) is 6.46. The maximum atomic E-state index is 12.6. The van der Waals surface area contributed by atoms with Crippen molar-refractivity contribution in [1.29, 1.82) is 0 Å². The standard InChI is InChI=1S/C20H26N4O2/c1-3-12-24(20(25)21-17-10-5-4-6-11-17)14-18-22-19(23-26-18)16-9-7-8-15(2)13-16/h3,7-9,13,17H,1,4-6,10-12,14H2,2H3,(H,21,25). The van der Waals surface area contributed by atoms with E-state index in [0.29, 0.717) is 18.3 Å². The van der Waals surface area contributed by atoms with E-state index in [9.17, 15) is 4.79 Å². The Morgan fingerprint density at radius 2 is 2.19 bits per heavy atom. The summed E-state index contributed by atoms with van der Waals surface area (Å²) in [5.41, 5.74) is 2.04. The fourth-order valence-electron chi connectivity index (χ4n) is 3.27. The third kappa shape index (κ3) is 4.71. The van der Waals surface area contributed by atoms with Crippen molar-refractivity contribution in [3.63, 3.8) is 0 Å². The van der Waals surface area contributed by atoms with Crippen LogP contribution >= 0.6 is 0 Å². The molecule has 26 heavy (non-hydrogen) atoms. The van der Waals surface area contributed by atoms with Crippen molar-refractivity contribution in [2.75, 3.05) is 6.54 Å². The van der Waals surface area contributed by atoms with Gasteiger partial charge in [-0.25, -0.2) is 4.79 Å². The monoisotopic (exact) mass is 354 g/mol. The normalized spacial score (nSPS) is 14.8. The van der Waals surface area contributed by atoms with Crippen LogP contribution in [0.1, 0.15) is 43.6 Å². The van der Waals surface area contributed by atoms with Crippen LogP contribution in [0.4, 0.5) is 4.79 Å². The number of aromatic nitrogens is 2. The Hall–Kier alpha value is -2.63. The number of urea groups is 1. The zero-order valence-corrected chi connectivity index (χ0v) is 15.3. The molecule has 0 saturated heterocycles. The number of carbonyl (C=O) groups is 1. The van der Waals surface area contributed by atoms with Crippen LogP contribution in [0.25, 0.3) is 11.4 Å². The minimum absolute atomic E-state index is 0.105. The third-order valence-electron chi connectivity index (χ3n) is 4.64. The molecule has 6 nitrogen and oxygen atoms in total. The van der Waals surface area contributed by atoms with Gasteiger partial charge in [0.2, 0.25) is 11.7 Å². The molecule has 1 heterocycles. The first kappa shape index (κ1) is 18.2. The molecule has 0 aliphatic heterocycles. The highest BCUT2D eigenvalue weighted by Crippen LogP contribution is 2.19. The first-order valence-corrected chi connectivity index (χ1v) is 9.21. The van der Waals surface area contributed by atoms with Crippen LogP contribution in [0, 0.1) is 6.92 Å². The molecule has 1 aromatic carbocycles. The molecular weight excluding hydrogens is 328 g/mol. The third-order valence-corrected chi connectivity index (χ3v) is 4.64. The molecule has 1 aliphatic rings. The zero-order chi connectivity index (χ0) is 18.4. The predicted molar refractivity (Wildman–Crippen MR) is 100 cm³/mol. The number of aryl methyl sites for hydroxylation is 1. The fraction of sp³-hybridized carbons (Fsp3) is 0.450. The smallest absolute Gasteiger partial charge is 0.318 e. The number of amides is 2. The summed E-state index contributed by atoms with van der Waals surface area (Å²) in [4.78, 5) is 18.7. The zero-order valence-electron chi connectivity index (χ0n) is 15.3. The van der Waals surface area contributed by atoms with Crippen LogP contribution in [-0.2, 0) is 6.54 Å². The van der Waals surface area contributed by atoms with Crippen molar-refractivity contribution in [3.8, 4) is 11.4 Å². The predicted octanol–water partition coefficient (Wildman–Crippen LogP) is 4.08. The molecule has 138 valence electrons. The van der Waals surface area contributed by atoms with Crippen LogP contribution in [-0.4, -0.2) is 33.7 Å². The Kier molecular flexibility index (Phi) is 6.04. The molecule has 1 aliphatic carbocycles. The van der Waals surface area contributed by atoms with Crippen LogP contribution in [0.2, 0.25) is 0 Å². The topological polar surface area (TPSA) is 71.3 Å². The van der Waals surface area contributed by atoms with Gasteiger partial charge in [-0.3, -0.25) is 0 Å². The van der Waals surface area contributed by atoms with Gasteiger partial charge in [-0.2, -0.15) is 4.98 Å². The molecule has 2 aromatic rings. The van der Waals surface area contributed by atoms with Crippen LogP contribution in [0.5, 0.6) is 0 Å². The lowest BCUT2D eigenvalue weighted by atomic mass is 9.96. The van der Waals surface area contributed by atoms with Gasteiger partial charge in [-0.1, -0.05) is 54.3 Å². The molecule has 3 rings (SSSR count). The molecule has 0 spiro atoms. The summed E-state index contributed by atoms with van der Waals surface area (Å²) in [5.74, 6) is 0.956. The van der Waals surface area contributed by atoms with Crippen molar-refractivity contribution in [2.24, 2.45) is 0 Å². The second kappa shape index (κ2) is 8.65. The Balaban J connectivity index is 1.66. The van der Waals surface area contributed by atoms with Crippen molar-refractivity contribution in [1.82, 2.24) is 20.4 Å². The molecular formula is C20H26N4O2. The molecule has 6 heteroatoms. The van der Waals surface area contributed by atoms with Gasteiger partial charge in [0.15, 0.2) is 0 Å². The summed E-state index contributed by atoms with van der Waals surface area (Å²) in [6.07, 6.45) is 7.41. The maximum absolute atomic E-state index is 12.6. The van der Waals surface area contributed by atoms with E-state index in [0.717, 1.165) is 24.0 Å². The van der Waals surface area contributed by atoms with E-state index in [2.05, 4.69) is 22.0 Å². The van der Waals surface area contributed by atoms with E-state index in [4.69, 9.17) is 4.52 Å². The molecule has 2 amide bonds. The number of benzene rings is 1. The highest BCUT2D eigenvalue weighted by atomic mass is 16.5. The molecule has 0 unspecified atom stereocenters. The largest absolute Gasteiger partial charge is 0.337 e. The lowest BCUT2D eigenvalue weighted by molar-refractivity contribution is 0.185. The van der Waals surface area contributed by atoms with Gasteiger partial charge in [0.1, 0.15) is 6.54 Å². The average molecular weight is 354 g/mol. The SMILES string of the molecule is C=CCN(Cc1nc(-c2cccc(C)c2)no1)C(=O)NC1CCCCC1. The Labute approximate surface area is 154 Å². The second-order valence-electron chi connectivity index (χ2n) is 6.83. The van der Waals surface area contributed by atoms with E-state index in [1.54, 1.807) is 11.0 Å². The molecule has 0 radical (unpaired) electrons. The molecule has 1 saturated carbocycles. The van der Waals surface area contributed by atoms with E-state index in [1.165, 1.54) is 19.3 Å². The number of nitrogens with zero attached hydrogens (tertiary/aromatic N) is 3. The quantitative estimate of drug-likeness (QED) is 0.794. The Bertz CT molecular complexity index is 750. The minimum Gasteiger partial charge on any atom is -0.337 e. The lowest BCUT2D eigenvalue weighted by Crippen LogP contribution is -2.45. The first-order chi connectivity index (χ1) is 12.7. The van der Waals surface area contributed by atoms with Crippen LogP contribution < -0.4 is 5.32 Å². The number of carbonyl (C=O) groups excluding carboxylic acids is 1. The van der Waals surface area contributed by atoms with Crippen LogP contribution in [0.3, 0.4) is 0 Å². The van der Waals surface area contributed by atoms with E-state index in [-0.39, 0.29) is 18.6 Å². The van der Waals surface area contributed by atoms with E-state index < -0.39 is 0 Å². The molecule has 1 N–H and O–H groups in total. The highest BCUT2D eigenvalue weighted by molar-refractivity contribution is 5.74. The number of hydrogen-bond donors (Lipinski definition) is 1. The summed E-state index contributed by atoms with van der Waals surface area (Å²) < 4.78 is 5.36. The Morgan fingerprint density at radius 1 is 1.38 bits per heavy atom. The van der Waals surface area contributed by atoms with E-state index in [1.807, 2.05) is 31.2 Å². The van der Waals surface area contributed by atoms with Gasteiger partial charge in [0, 0.05) is 18.2 Å². The van der Waals surface area contributed by atoms with Crippen molar-refractivity contribution >= 4 is 6.03 Å². The number of nitrogens with one attached hydrogen (secondary N) is 1. The van der Waals surface area contributed by atoms with Crippen molar-refractivity contribution in [2.45, 2.75) is 51.6 Å². The van der Waals surface area contributed by atoms with Crippen molar-refractivity contribution < 1.29 is 9.32 Å². The first-order valence-electron chi connectivity index (χ1n) is 9.21. The van der Waals surface area contributed by atoms with Crippen molar-refractivity contribution in [3.05, 3.63) is 48.4 Å². The minimum atomic E-state index is -0.105. The maximum Gasteiger partial charge on any atom is 0.318 e. The lowest BCUT2D eigenvalue weighted by Gasteiger charge is -2.27. The summed E-state index contributed by atoms with van der Waals surface area (Å²) in [7, 11) is 0. The fourth-order valence-corrected chi connectivity index (χ4v) is 3.27. The van der Waals surface area contributed by atoms with Gasteiger partial charge < -0.3 is 14.7 Å².